The molecule has 0 fully saturated rings. The van der Waals surface area contributed by atoms with E-state index in [-0.39, 0.29) is 18.2 Å². The highest BCUT2D eigenvalue weighted by atomic mass is 35.5. The second kappa shape index (κ2) is 9.81. The van der Waals surface area contributed by atoms with Gasteiger partial charge >= 0.3 is 0 Å². The van der Waals surface area contributed by atoms with Crippen molar-refractivity contribution in [3.05, 3.63) is 64.7 Å². The standard InChI is InChI=1S/C19H21ClN2O3/c1-25-11-3-10-21-19(24)15-4-2-5-17(13-15)22-18(23)12-14-6-8-16(20)9-7-14/h2,4-9,13H,3,10-12H2,1H3,(H,21,24)(H,22,23). The Morgan fingerprint density at radius 3 is 2.60 bits per heavy atom. The van der Waals surface area contributed by atoms with Gasteiger partial charge in [0.15, 0.2) is 0 Å². The Labute approximate surface area is 152 Å². The molecule has 0 atom stereocenters. The summed E-state index contributed by atoms with van der Waals surface area (Å²) in [6.07, 6.45) is 0.990. The van der Waals surface area contributed by atoms with Crippen molar-refractivity contribution in [3.8, 4) is 0 Å². The van der Waals surface area contributed by atoms with E-state index < -0.39 is 0 Å². The molecule has 0 saturated heterocycles. The lowest BCUT2D eigenvalue weighted by atomic mass is 10.1. The molecule has 0 saturated carbocycles. The molecule has 0 aliphatic carbocycles. The summed E-state index contributed by atoms with van der Waals surface area (Å²) in [4.78, 5) is 24.2. The van der Waals surface area contributed by atoms with Crippen molar-refractivity contribution in [3.63, 3.8) is 0 Å². The normalized spacial score (nSPS) is 10.3. The molecule has 2 rings (SSSR count). The smallest absolute Gasteiger partial charge is 0.251 e. The fourth-order valence-corrected chi connectivity index (χ4v) is 2.38. The molecule has 6 heteroatoms. The minimum atomic E-state index is -0.176. The summed E-state index contributed by atoms with van der Waals surface area (Å²) in [6, 6.07) is 14.0. The maximum atomic E-state index is 12.1. The van der Waals surface area contributed by atoms with Gasteiger partial charge in [-0.1, -0.05) is 29.8 Å². The summed E-state index contributed by atoms with van der Waals surface area (Å²) >= 11 is 5.83. The van der Waals surface area contributed by atoms with E-state index in [1.807, 2.05) is 12.1 Å². The zero-order chi connectivity index (χ0) is 18.1. The van der Waals surface area contributed by atoms with E-state index >= 15 is 0 Å². The summed E-state index contributed by atoms with van der Waals surface area (Å²) in [7, 11) is 1.62. The van der Waals surface area contributed by atoms with E-state index in [4.69, 9.17) is 16.3 Å². The van der Waals surface area contributed by atoms with Crippen LogP contribution in [-0.4, -0.2) is 32.1 Å². The molecular weight excluding hydrogens is 340 g/mol. The van der Waals surface area contributed by atoms with Crippen molar-refractivity contribution < 1.29 is 14.3 Å². The maximum absolute atomic E-state index is 12.1. The average Bonchev–Trinajstić information content (AvgIpc) is 2.61. The highest BCUT2D eigenvalue weighted by molar-refractivity contribution is 6.30. The van der Waals surface area contributed by atoms with Crippen LogP contribution in [0.1, 0.15) is 22.3 Å². The van der Waals surface area contributed by atoms with Gasteiger partial charge in [0.1, 0.15) is 0 Å². The van der Waals surface area contributed by atoms with E-state index in [0.29, 0.717) is 29.4 Å². The van der Waals surface area contributed by atoms with Crippen molar-refractivity contribution in [2.24, 2.45) is 0 Å². The van der Waals surface area contributed by atoms with Gasteiger partial charge in [-0.3, -0.25) is 9.59 Å². The Morgan fingerprint density at radius 1 is 1.12 bits per heavy atom. The van der Waals surface area contributed by atoms with Crippen molar-refractivity contribution in [1.29, 1.82) is 0 Å². The van der Waals surface area contributed by atoms with Crippen molar-refractivity contribution >= 4 is 29.1 Å². The Kier molecular flexibility index (Phi) is 7.44. The number of ether oxygens (including phenoxy) is 1. The molecule has 5 nitrogen and oxygen atoms in total. The molecule has 2 N–H and O–H groups in total. The Balaban J connectivity index is 1.90. The van der Waals surface area contributed by atoms with E-state index in [9.17, 15) is 9.59 Å². The highest BCUT2D eigenvalue weighted by Crippen LogP contribution is 2.13. The van der Waals surface area contributed by atoms with Crippen LogP contribution in [-0.2, 0) is 16.0 Å². The lowest BCUT2D eigenvalue weighted by molar-refractivity contribution is -0.115. The van der Waals surface area contributed by atoms with Crippen LogP contribution in [0.3, 0.4) is 0 Å². The lowest BCUT2D eigenvalue weighted by Gasteiger charge is -2.08. The Hall–Kier alpha value is -2.37. The molecule has 0 aromatic heterocycles. The van der Waals surface area contributed by atoms with E-state index in [1.165, 1.54) is 0 Å². The van der Waals surface area contributed by atoms with Gasteiger partial charge in [-0.15, -0.1) is 0 Å². The summed E-state index contributed by atoms with van der Waals surface area (Å²) in [5, 5.41) is 6.25. The largest absolute Gasteiger partial charge is 0.385 e. The number of carbonyl (C=O) groups is 2. The first-order chi connectivity index (χ1) is 12.1. The van der Waals surface area contributed by atoms with Gasteiger partial charge in [0.05, 0.1) is 6.42 Å². The topological polar surface area (TPSA) is 67.4 Å². The van der Waals surface area contributed by atoms with Gasteiger partial charge in [-0.05, 0) is 42.3 Å². The van der Waals surface area contributed by atoms with E-state index in [0.717, 1.165) is 12.0 Å². The van der Waals surface area contributed by atoms with Gasteiger partial charge in [-0.25, -0.2) is 0 Å². The van der Waals surface area contributed by atoms with Crippen molar-refractivity contribution in [1.82, 2.24) is 5.32 Å². The molecule has 2 amide bonds. The summed E-state index contributed by atoms with van der Waals surface area (Å²) < 4.78 is 4.94. The second-order valence-electron chi connectivity index (χ2n) is 5.53. The SMILES string of the molecule is COCCCNC(=O)c1cccc(NC(=O)Cc2ccc(Cl)cc2)c1. The van der Waals surface area contributed by atoms with Crippen molar-refractivity contribution in [2.45, 2.75) is 12.8 Å². The zero-order valence-electron chi connectivity index (χ0n) is 14.0. The number of carbonyl (C=O) groups excluding carboxylic acids is 2. The number of methoxy groups -OCH3 is 1. The number of anilines is 1. The molecule has 0 aliphatic rings. The maximum Gasteiger partial charge on any atom is 0.251 e. The molecule has 2 aromatic rings. The molecule has 0 unspecified atom stereocenters. The number of rotatable bonds is 8. The van der Waals surface area contributed by atoms with Gasteiger partial charge in [0.25, 0.3) is 5.91 Å². The third-order valence-corrected chi connectivity index (χ3v) is 3.75. The quantitative estimate of drug-likeness (QED) is 0.710. The van der Waals surface area contributed by atoms with Gasteiger partial charge in [-0.2, -0.15) is 0 Å². The number of benzene rings is 2. The number of nitrogens with one attached hydrogen (secondary N) is 2. The fourth-order valence-electron chi connectivity index (χ4n) is 2.25. The van der Waals surface area contributed by atoms with Crippen LogP contribution in [0.25, 0.3) is 0 Å². The molecule has 0 spiro atoms. The minimum absolute atomic E-state index is 0.153. The van der Waals surface area contributed by atoms with Crippen LogP contribution in [0.2, 0.25) is 5.02 Å². The summed E-state index contributed by atoms with van der Waals surface area (Å²) in [5.41, 5.74) is 1.96. The van der Waals surface area contributed by atoms with Crippen LogP contribution < -0.4 is 10.6 Å². The van der Waals surface area contributed by atoms with Gasteiger partial charge < -0.3 is 15.4 Å². The molecule has 0 bridgehead atoms. The highest BCUT2D eigenvalue weighted by Gasteiger charge is 2.08. The van der Waals surface area contributed by atoms with Crippen LogP contribution >= 0.6 is 11.6 Å². The third kappa shape index (κ3) is 6.57. The number of amides is 2. The molecule has 0 heterocycles. The second-order valence-corrected chi connectivity index (χ2v) is 5.97. The van der Waals surface area contributed by atoms with Gasteiger partial charge in [0, 0.05) is 36.5 Å². The van der Waals surface area contributed by atoms with Crippen LogP contribution in [0.15, 0.2) is 48.5 Å². The first kappa shape index (κ1) is 19.0. The van der Waals surface area contributed by atoms with Crippen LogP contribution in [0, 0.1) is 0 Å². The Bertz CT molecular complexity index is 717. The average molecular weight is 361 g/mol. The van der Waals surface area contributed by atoms with E-state index in [1.54, 1.807) is 43.5 Å². The molecule has 132 valence electrons. The molecule has 0 radical (unpaired) electrons. The first-order valence-corrected chi connectivity index (χ1v) is 8.38. The minimum Gasteiger partial charge on any atom is -0.385 e. The summed E-state index contributed by atoms with van der Waals surface area (Å²) in [6.45, 7) is 1.14. The zero-order valence-corrected chi connectivity index (χ0v) is 14.8. The molecule has 0 aliphatic heterocycles. The molecular formula is C19H21ClN2O3. The molecule has 2 aromatic carbocycles. The molecule has 25 heavy (non-hydrogen) atoms. The predicted octanol–water partition coefficient (Wildman–Crippen LogP) is 3.29. The number of hydrogen-bond donors (Lipinski definition) is 2. The van der Waals surface area contributed by atoms with Crippen LogP contribution in [0.5, 0.6) is 0 Å². The third-order valence-electron chi connectivity index (χ3n) is 3.50. The van der Waals surface area contributed by atoms with Crippen molar-refractivity contribution in [2.75, 3.05) is 25.6 Å². The monoisotopic (exact) mass is 360 g/mol. The fraction of sp³-hybridized carbons (Fsp3) is 0.263. The Morgan fingerprint density at radius 2 is 1.88 bits per heavy atom. The van der Waals surface area contributed by atoms with Gasteiger partial charge in [0.2, 0.25) is 5.91 Å². The van der Waals surface area contributed by atoms with Crippen LogP contribution in [0.4, 0.5) is 5.69 Å². The number of halogens is 1. The number of hydrogen-bond acceptors (Lipinski definition) is 3. The lowest BCUT2D eigenvalue weighted by Crippen LogP contribution is -2.25. The first-order valence-electron chi connectivity index (χ1n) is 8.00. The van der Waals surface area contributed by atoms with E-state index in [2.05, 4.69) is 10.6 Å². The summed E-state index contributed by atoms with van der Waals surface area (Å²) in [5.74, 6) is -0.329. The predicted molar refractivity (Wildman–Crippen MR) is 99.1 cm³/mol.